The van der Waals surface area contributed by atoms with Gasteiger partial charge < -0.3 is 14.6 Å². The minimum atomic E-state index is -0.409. The average Bonchev–Trinajstić information content (AvgIpc) is 3.44. The number of benzene rings is 2. The Bertz CT molecular complexity index is 1090. The molecule has 1 heterocycles. The van der Waals surface area contributed by atoms with E-state index in [1.165, 1.54) is 11.1 Å². The molecular formula is C25H27N3O3. The van der Waals surface area contributed by atoms with Crippen molar-refractivity contribution in [3.63, 3.8) is 0 Å². The number of Topliss-reactive ketones (excluding diaryl/α,β-unsaturated/α-hetero) is 1. The molecule has 3 aromatic rings. The molecule has 1 aliphatic rings. The second-order valence-electron chi connectivity index (χ2n) is 7.93. The topological polar surface area (TPSA) is 73.2 Å². The molecule has 1 unspecified atom stereocenters. The number of amides is 1. The summed E-state index contributed by atoms with van der Waals surface area (Å²) in [6.07, 6.45) is 7.13. The zero-order valence-electron chi connectivity index (χ0n) is 17.9. The number of ketones is 1. The number of aryl methyl sites for hydroxylation is 3. The summed E-state index contributed by atoms with van der Waals surface area (Å²) in [5, 5.41) is 3.05. The lowest BCUT2D eigenvalue weighted by atomic mass is 10.0. The number of rotatable bonds is 8. The van der Waals surface area contributed by atoms with Gasteiger partial charge in [-0.3, -0.25) is 9.59 Å². The third-order valence-corrected chi connectivity index (χ3v) is 5.87. The predicted octanol–water partition coefficient (Wildman–Crippen LogP) is 3.79. The van der Waals surface area contributed by atoms with Gasteiger partial charge in [-0.2, -0.15) is 0 Å². The molecule has 2 aromatic carbocycles. The Balaban J connectivity index is 1.43. The Morgan fingerprint density at radius 3 is 2.58 bits per heavy atom. The van der Waals surface area contributed by atoms with Gasteiger partial charge in [-0.1, -0.05) is 24.3 Å². The third kappa shape index (κ3) is 4.68. The van der Waals surface area contributed by atoms with Gasteiger partial charge in [0.1, 0.15) is 17.6 Å². The SMILES string of the molecule is COc1ccc(C(NC(=O)CCC(=O)c2ccc3c(c2)CCC3)c2nccn2C)cc1. The lowest BCUT2D eigenvalue weighted by Crippen LogP contribution is -2.31. The molecule has 6 heteroatoms. The maximum Gasteiger partial charge on any atom is 0.221 e. The number of carbonyl (C=O) groups is 2. The molecule has 1 atom stereocenters. The molecule has 1 aliphatic carbocycles. The van der Waals surface area contributed by atoms with E-state index in [1.807, 2.05) is 54.2 Å². The third-order valence-electron chi connectivity index (χ3n) is 5.87. The molecule has 1 aromatic heterocycles. The molecule has 0 bridgehead atoms. The Hall–Kier alpha value is -3.41. The zero-order chi connectivity index (χ0) is 21.8. The number of nitrogens with one attached hydrogen (secondary N) is 1. The maximum absolute atomic E-state index is 12.8. The van der Waals surface area contributed by atoms with Crippen LogP contribution in [0.25, 0.3) is 0 Å². The summed E-state index contributed by atoms with van der Waals surface area (Å²) in [6, 6.07) is 13.1. The minimum absolute atomic E-state index is 0.00263. The van der Waals surface area contributed by atoms with E-state index >= 15 is 0 Å². The van der Waals surface area contributed by atoms with E-state index in [4.69, 9.17) is 4.74 Å². The maximum atomic E-state index is 12.8. The summed E-state index contributed by atoms with van der Waals surface area (Å²) in [6.45, 7) is 0. The number of ether oxygens (including phenoxy) is 1. The molecule has 4 rings (SSSR count). The van der Waals surface area contributed by atoms with Crippen molar-refractivity contribution in [2.75, 3.05) is 7.11 Å². The number of nitrogens with zero attached hydrogens (tertiary/aromatic N) is 2. The standard InChI is InChI=1S/C25H27N3O3/c1-28-15-14-26-25(28)24(18-8-10-21(31-2)11-9-18)27-23(30)13-12-22(29)20-7-6-17-4-3-5-19(17)16-20/h6-11,14-16,24H,3-5,12-13H2,1-2H3,(H,27,30). The first-order valence-electron chi connectivity index (χ1n) is 10.6. The van der Waals surface area contributed by atoms with Gasteiger partial charge in [0, 0.05) is 37.8 Å². The quantitative estimate of drug-likeness (QED) is 0.566. The van der Waals surface area contributed by atoms with Crippen molar-refractivity contribution in [1.82, 2.24) is 14.9 Å². The molecule has 0 saturated carbocycles. The highest BCUT2D eigenvalue weighted by molar-refractivity contribution is 5.98. The summed E-state index contributed by atoms with van der Waals surface area (Å²) in [4.78, 5) is 29.8. The van der Waals surface area contributed by atoms with Gasteiger partial charge >= 0.3 is 0 Å². The Morgan fingerprint density at radius 2 is 1.87 bits per heavy atom. The number of imidazole rings is 1. The molecule has 1 N–H and O–H groups in total. The second-order valence-corrected chi connectivity index (χ2v) is 7.93. The van der Waals surface area contributed by atoms with Crippen LogP contribution in [0.5, 0.6) is 5.75 Å². The molecule has 160 valence electrons. The molecule has 0 fully saturated rings. The van der Waals surface area contributed by atoms with Gasteiger partial charge in [-0.05, 0) is 54.2 Å². The van der Waals surface area contributed by atoms with Gasteiger partial charge in [0.15, 0.2) is 5.78 Å². The largest absolute Gasteiger partial charge is 0.497 e. The van der Waals surface area contributed by atoms with E-state index in [1.54, 1.807) is 13.3 Å². The molecular weight excluding hydrogens is 390 g/mol. The van der Waals surface area contributed by atoms with Crippen LogP contribution in [0.1, 0.15) is 58.2 Å². The second kappa shape index (κ2) is 9.16. The van der Waals surface area contributed by atoms with Crippen LogP contribution < -0.4 is 10.1 Å². The van der Waals surface area contributed by atoms with E-state index in [2.05, 4.69) is 16.4 Å². The number of carbonyl (C=O) groups excluding carboxylic acids is 2. The van der Waals surface area contributed by atoms with Crippen LogP contribution in [-0.4, -0.2) is 28.4 Å². The molecule has 0 radical (unpaired) electrons. The summed E-state index contributed by atoms with van der Waals surface area (Å²) in [5.74, 6) is 1.29. The highest BCUT2D eigenvalue weighted by Gasteiger charge is 2.22. The van der Waals surface area contributed by atoms with Crippen molar-refractivity contribution in [2.24, 2.45) is 7.05 Å². The van der Waals surface area contributed by atoms with Crippen LogP contribution in [0.4, 0.5) is 0 Å². The number of fused-ring (bicyclic) bond motifs is 1. The molecule has 0 aliphatic heterocycles. The molecule has 0 saturated heterocycles. The first-order valence-corrected chi connectivity index (χ1v) is 10.6. The van der Waals surface area contributed by atoms with E-state index in [0.29, 0.717) is 5.56 Å². The van der Waals surface area contributed by atoms with Crippen LogP contribution in [0.3, 0.4) is 0 Å². The Kier molecular flexibility index (Phi) is 6.16. The average molecular weight is 418 g/mol. The summed E-state index contributed by atoms with van der Waals surface area (Å²) < 4.78 is 7.11. The van der Waals surface area contributed by atoms with Crippen LogP contribution in [0, 0.1) is 0 Å². The highest BCUT2D eigenvalue weighted by Crippen LogP contribution is 2.25. The molecule has 31 heavy (non-hydrogen) atoms. The smallest absolute Gasteiger partial charge is 0.221 e. The van der Waals surface area contributed by atoms with Gasteiger partial charge in [0.25, 0.3) is 0 Å². The van der Waals surface area contributed by atoms with Crippen molar-refractivity contribution in [1.29, 1.82) is 0 Å². The molecule has 1 amide bonds. The monoisotopic (exact) mass is 417 g/mol. The summed E-state index contributed by atoms with van der Waals surface area (Å²) in [7, 11) is 3.51. The van der Waals surface area contributed by atoms with Crippen molar-refractivity contribution in [3.05, 3.63) is 82.9 Å². The van der Waals surface area contributed by atoms with Gasteiger partial charge in [-0.15, -0.1) is 0 Å². The van der Waals surface area contributed by atoms with E-state index in [-0.39, 0.29) is 24.5 Å². The number of hydrogen-bond acceptors (Lipinski definition) is 4. The number of methoxy groups -OCH3 is 1. The first-order chi connectivity index (χ1) is 15.0. The van der Waals surface area contributed by atoms with Crippen molar-refractivity contribution < 1.29 is 14.3 Å². The van der Waals surface area contributed by atoms with Gasteiger partial charge in [0.05, 0.1) is 7.11 Å². The zero-order valence-corrected chi connectivity index (χ0v) is 17.9. The minimum Gasteiger partial charge on any atom is -0.497 e. The number of hydrogen-bond donors (Lipinski definition) is 1. The Labute approximate surface area is 182 Å². The van der Waals surface area contributed by atoms with Crippen LogP contribution in [0.15, 0.2) is 54.9 Å². The van der Waals surface area contributed by atoms with Gasteiger partial charge in [0.2, 0.25) is 5.91 Å². The number of aromatic nitrogens is 2. The lowest BCUT2D eigenvalue weighted by molar-refractivity contribution is -0.121. The molecule has 0 spiro atoms. The van der Waals surface area contributed by atoms with Crippen molar-refractivity contribution >= 4 is 11.7 Å². The van der Waals surface area contributed by atoms with Crippen molar-refractivity contribution in [2.45, 2.75) is 38.1 Å². The fourth-order valence-electron chi connectivity index (χ4n) is 4.10. The van der Waals surface area contributed by atoms with Crippen LogP contribution >= 0.6 is 0 Å². The van der Waals surface area contributed by atoms with E-state index in [9.17, 15) is 9.59 Å². The van der Waals surface area contributed by atoms with Crippen LogP contribution in [0.2, 0.25) is 0 Å². The van der Waals surface area contributed by atoms with Crippen molar-refractivity contribution in [3.8, 4) is 5.75 Å². The predicted molar refractivity (Wildman–Crippen MR) is 118 cm³/mol. The Morgan fingerprint density at radius 1 is 1.10 bits per heavy atom. The first kappa shape index (κ1) is 20.8. The lowest BCUT2D eigenvalue weighted by Gasteiger charge is -2.19. The normalized spacial score (nSPS) is 13.5. The molecule has 6 nitrogen and oxygen atoms in total. The summed E-state index contributed by atoms with van der Waals surface area (Å²) >= 11 is 0. The van der Waals surface area contributed by atoms with E-state index < -0.39 is 6.04 Å². The fraction of sp³-hybridized carbons (Fsp3) is 0.320. The fourth-order valence-corrected chi connectivity index (χ4v) is 4.10. The highest BCUT2D eigenvalue weighted by atomic mass is 16.5. The van der Waals surface area contributed by atoms with Gasteiger partial charge in [-0.25, -0.2) is 4.98 Å². The summed E-state index contributed by atoms with van der Waals surface area (Å²) in [5.41, 5.74) is 4.20. The van der Waals surface area contributed by atoms with E-state index in [0.717, 1.165) is 36.4 Å². The van der Waals surface area contributed by atoms with Crippen LogP contribution in [-0.2, 0) is 24.7 Å².